The first kappa shape index (κ1) is 17.2. The summed E-state index contributed by atoms with van der Waals surface area (Å²) in [6.45, 7) is 6.17. The number of nitrogens with zero attached hydrogens (tertiary/aromatic N) is 3. The molecule has 136 valence electrons. The molecule has 0 bridgehead atoms. The van der Waals surface area contributed by atoms with Crippen LogP contribution >= 0.6 is 0 Å². The maximum Gasteiger partial charge on any atom is 0.277 e. The van der Waals surface area contributed by atoms with Crippen LogP contribution in [0.5, 0.6) is 0 Å². The van der Waals surface area contributed by atoms with Crippen LogP contribution in [-0.4, -0.2) is 21.9 Å². The van der Waals surface area contributed by atoms with Gasteiger partial charge in [-0.3, -0.25) is 4.79 Å². The van der Waals surface area contributed by atoms with Crippen molar-refractivity contribution < 1.29 is 4.79 Å². The van der Waals surface area contributed by atoms with E-state index in [2.05, 4.69) is 60.3 Å². The highest BCUT2D eigenvalue weighted by Gasteiger charge is 2.31. The van der Waals surface area contributed by atoms with E-state index >= 15 is 0 Å². The molecule has 1 atom stereocenters. The maximum atomic E-state index is 13.1. The Kier molecular flexibility index (Phi) is 4.36. The summed E-state index contributed by atoms with van der Waals surface area (Å²) in [7, 11) is 0. The molecular formula is C22H22N4O. The molecular weight excluding hydrogens is 336 g/mol. The van der Waals surface area contributed by atoms with Crippen molar-refractivity contribution in [3.8, 4) is 0 Å². The van der Waals surface area contributed by atoms with Crippen molar-refractivity contribution in [1.82, 2.24) is 9.97 Å². The highest BCUT2D eigenvalue weighted by Crippen LogP contribution is 2.33. The summed E-state index contributed by atoms with van der Waals surface area (Å²) >= 11 is 0. The molecule has 27 heavy (non-hydrogen) atoms. The molecule has 1 amide bonds. The molecule has 0 saturated heterocycles. The molecule has 2 heterocycles. The highest BCUT2D eigenvalue weighted by molar-refractivity contribution is 6.06. The molecule has 0 radical (unpaired) electrons. The molecule has 1 aliphatic rings. The van der Waals surface area contributed by atoms with Crippen LogP contribution < -0.4 is 10.2 Å². The summed E-state index contributed by atoms with van der Waals surface area (Å²) in [6.07, 6.45) is 2.30. The van der Waals surface area contributed by atoms with Gasteiger partial charge in [0.25, 0.3) is 5.91 Å². The van der Waals surface area contributed by atoms with Crippen molar-refractivity contribution in [2.45, 2.75) is 33.2 Å². The van der Waals surface area contributed by atoms with Crippen LogP contribution in [0.2, 0.25) is 0 Å². The normalized spacial score (nSPS) is 15.5. The second-order valence-corrected chi connectivity index (χ2v) is 7.15. The van der Waals surface area contributed by atoms with Crippen molar-refractivity contribution >= 4 is 23.1 Å². The van der Waals surface area contributed by atoms with Crippen LogP contribution in [-0.2, 0) is 6.42 Å². The molecule has 5 nitrogen and oxygen atoms in total. The zero-order valence-electron chi connectivity index (χ0n) is 15.7. The SMILES string of the molecule is Cc1cc(C)cc(Nc2cc(C(=O)N3c4ccccc4CC3C)ncn2)c1. The number of anilines is 3. The van der Waals surface area contributed by atoms with Crippen molar-refractivity contribution in [3.63, 3.8) is 0 Å². The standard InChI is InChI=1S/C22H22N4O/c1-14-8-15(2)10-18(9-14)25-21-12-19(23-13-24-21)22(27)26-16(3)11-17-6-4-5-7-20(17)26/h4-10,12-13,16H,11H2,1-3H3,(H,23,24,25). The van der Waals surface area contributed by atoms with Gasteiger partial charge in [-0.25, -0.2) is 9.97 Å². The third-order valence-corrected chi connectivity index (χ3v) is 4.81. The fourth-order valence-electron chi connectivity index (χ4n) is 3.74. The summed E-state index contributed by atoms with van der Waals surface area (Å²) < 4.78 is 0. The van der Waals surface area contributed by atoms with Crippen molar-refractivity contribution in [1.29, 1.82) is 0 Å². The molecule has 0 fully saturated rings. The molecule has 1 N–H and O–H groups in total. The van der Waals surface area contributed by atoms with Crippen LogP contribution in [0.25, 0.3) is 0 Å². The number of hydrogen-bond acceptors (Lipinski definition) is 4. The fourth-order valence-corrected chi connectivity index (χ4v) is 3.74. The minimum Gasteiger partial charge on any atom is -0.340 e. The lowest BCUT2D eigenvalue weighted by atomic mass is 10.1. The second kappa shape index (κ2) is 6.83. The molecule has 0 spiro atoms. The van der Waals surface area contributed by atoms with Gasteiger partial charge < -0.3 is 10.2 Å². The molecule has 1 unspecified atom stereocenters. The van der Waals surface area contributed by atoms with Crippen LogP contribution in [0.1, 0.15) is 34.1 Å². The van der Waals surface area contributed by atoms with Gasteiger partial charge in [-0.15, -0.1) is 0 Å². The quantitative estimate of drug-likeness (QED) is 0.752. The maximum absolute atomic E-state index is 13.1. The van der Waals surface area contributed by atoms with Crippen LogP contribution in [0.15, 0.2) is 54.9 Å². The summed E-state index contributed by atoms with van der Waals surface area (Å²) in [5, 5.41) is 3.28. The summed E-state index contributed by atoms with van der Waals surface area (Å²) in [4.78, 5) is 23.5. The highest BCUT2D eigenvalue weighted by atomic mass is 16.2. The van der Waals surface area contributed by atoms with Gasteiger partial charge in [-0.05, 0) is 62.1 Å². The monoisotopic (exact) mass is 358 g/mol. The molecule has 0 saturated carbocycles. The van der Waals surface area contributed by atoms with Gasteiger partial charge in [0.2, 0.25) is 0 Å². The first-order chi connectivity index (χ1) is 13.0. The van der Waals surface area contributed by atoms with Gasteiger partial charge in [0.15, 0.2) is 0 Å². The Morgan fingerprint density at radius 1 is 1.07 bits per heavy atom. The van der Waals surface area contributed by atoms with E-state index in [-0.39, 0.29) is 11.9 Å². The smallest absolute Gasteiger partial charge is 0.277 e. The lowest BCUT2D eigenvalue weighted by molar-refractivity contribution is 0.0976. The second-order valence-electron chi connectivity index (χ2n) is 7.15. The van der Waals surface area contributed by atoms with E-state index in [0.29, 0.717) is 11.5 Å². The summed E-state index contributed by atoms with van der Waals surface area (Å²) in [5.74, 6) is 0.511. The number of aromatic nitrogens is 2. The Hall–Kier alpha value is -3.21. The van der Waals surface area contributed by atoms with Crippen LogP contribution in [0, 0.1) is 13.8 Å². The van der Waals surface area contributed by atoms with E-state index in [0.717, 1.165) is 17.8 Å². The lowest BCUT2D eigenvalue weighted by Crippen LogP contribution is -2.36. The van der Waals surface area contributed by atoms with E-state index in [4.69, 9.17) is 0 Å². The van der Waals surface area contributed by atoms with E-state index in [1.54, 1.807) is 6.07 Å². The number of rotatable bonds is 3. The van der Waals surface area contributed by atoms with Gasteiger partial charge in [-0.1, -0.05) is 24.3 Å². The number of hydrogen-bond donors (Lipinski definition) is 1. The average Bonchev–Trinajstić information content (AvgIpc) is 2.96. The molecule has 1 aliphatic heterocycles. The number of benzene rings is 2. The number of carbonyl (C=O) groups is 1. The first-order valence-corrected chi connectivity index (χ1v) is 9.10. The minimum atomic E-state index is -0.0988. The molecule has 0 aliphatic carbocycles. The molecule has 5 heteroatoms. The Balaban J connectivity index is 1.62. The van der Waals surface area contributed by atoms with Gasteiger partial charge >= 0.3 is 0 Å². The summed E-state index contributed by atoms with van der Waals surface area (Å²) in [6, 6.07) is 16.1. The molecule has 4 rings (SSSR count). The van der Waals surface area contributed by atoms with Crippen LogP contribution in [0.4, 0.5) is 17.2 Å². The number of amides is 1. The van der Waals surface area contributed by atoms with E-state index in [9.17, 15) is 4.79 Å². The number of para-hydroxylation sites is 1. The number of carbonyl (C=O) groups excluding carboxylic acids is 1. The third-order valence-electron chi connectivity index (χ3n) is 4.81. The van der Waals surface area contributed by atoms with E-state index < -0.39 is 0 Å². The van der Waals surface area contributed by atoms with Crippen molar-refractivity contribution in [2.24, 2.45) is 0 Å². The van der Waals surface area contributed by atoms with Crippen LogP contribution in [0.3, 0.4) is 0 Å². The predicted octanol–water partition coefficient (Wildman–Crippen LogP) is 4.43. The molecule has 3 aromatic rings. The van der Waals surface area contributed by atoms with Gasteiger partial charge in [0, 0.05) is 23.5 Å². The van der Waals surface area contributed by atoms with Gasteiger partial charge in [0.05, 0.1) is 0 Å². The molecule has 2 aromatic carbocycles. The number of nitrogens with one attached hydrogen (secondary N) is 1. The van der Waals surface area contributed by atoms with Gasteiger partial charge in [0.1, 0.15) is 17.8 Å². The first-order valence-electron chi connectivity index (χ1n) is 9.10. The lowest BCUT2D eigenvalue weighted by Gasteiger charge is -2.22. The van der Waals surface area contributed by atoms with Crippen molar-refractivity contribution in [3.05, 3.63) is 77.2 Å². The Morgan fingerprint density at radius 2 is 1.81 bits per heavy atom. The zero-order valence-corrected chi connectivity index (χ0v) is 15.7. The molecule has 1 aromatic heterocycles. The van der Waals surface area contributed by atoms with Gasteiger partial charge in [-0.2, -0.15) is 0 Å². The topological polar surface area (TPSA) is 58.1 Å². The predicted molar refractivity (Wildman–Crippen MR) is 108 cm³/mol. The van der Waals surface area contributed by atoms with E-state index in [1.807, 2.05) is 23.1 Å². The van der Waals surface area contributed by atoms with Crippen molar-refractivity contribution in [2.75, 3.05) is 10.2 Å². The Morgan fingerprint density at radius 3 is 2.59 bits per heavy atom. The Labute approximate surface area is 159 Å². The number of fused-ring (bicyclic) bond motifs is 1. The number of aryl methyl sites for hydroxylation is 2. The summed E-state index contributed by atoms with van der Waals surface area (Å²) in [5.41, 5.74) is 5.85. The fraction of sp³-hybridized carbons (Fsp3) is 0.227. The third kappa shape index (κ3) is 3.40. The largest absolute Gasteiger partial charge is 0.340 e. The zero-order chi connectivity index (χ0) is 19.0. The minimum absolute atomic E-state index is 0.0988. The Bertz CT molecular complexity index is 994. The average molecular weight is 358 g/mol. The van der Waals surface area contributed by atoms with E-state index in [1.165, 1.54) is 23.0 Å².